The van der Waals surface area contributed by atoms with Gasteiger partial charge in [0, 0.05) is 23.3 Å². The van der Waals surface area contributed by atoms with Crippen LogP contribution < -0.4 is 0 Å². The van der Waals surface area contributed by atoms with Crippen LogP contribution in [0.5, 0.6) is 0 Å². The van der Waals surface area contributed by atoms with Crippen molar-refractivity contribution in [2.75, 3.05) is 5.75 Å². The number of nitrogens with zero attached hydrogens (tertiary/aromatic N) is 2. The summed E-state index contributed by atoms with van der Waals surface area (Å²) in [5, 5.41) is 9.05. The first kappa shape index (κ1) is 12.8. The van der Waals surface area contributed by atoms with E-state index in [0.717, 1.165) is 28.3 Å². The van der Waals surface area contributed by atoms with Crippen LogP contribution >= 0.6 is 11.8 Å². The van der Waals surface area contributed by atoms with Crippen LogP contribution in [0.4, 0.5) is 0 Å². The number of hydrogen-bond acceptors (Lipinski definition) is 2. The molecule has 0 N–H and O–H groups in total. The molecule has 1 aromatic carbocycles. The fourth-order valence-corrected chi connectivity index (χ4v) is 2.64. The average Bonchev–Trinajstić information content (AvgIpc) is 2.68. The molecule has 0 fully saturated rings. The summed E-state index contributed by atoms with van der Waals surface area (Å²) in [7, 11) is 2.00. The molecule has 0 saturated heterocycles. The van der Waals surface area contributed by atoms with Crippen molar-refractivity contribution in [3.8, 4) is 17.3 Å². The molecule has 0 amide bonds. The van der Waals surface area contributed by atoms with Gasteiger partial charge in [-0.3, -0.25) is 0 Å². The molecular weight excluding hydrogens is 240 g/mol. The van der Waals surface area contributed by atoms with Gasteiger partial charge >= 0.3 is 0 Å². The molecular formula is C15H16N2S. The molecule has 0 aliphatic heterocycles. The lowest BCUT2D eigenvalue weighted by Gasteiger charge is -2.06. The van der Waals surface area contributed by atoms with Crippen molar-refractivity contribution in [3.05, 3.63) is 41.6 Å². The molecule has 0 atom stereocenters. The van der Waals surface area contributed by atoms with Crippen LogP contribution in [0, 0.1) is 18.3 Å². The summed E-state index contributed by atoms with van der Waals surface area (Å²) >= 11 is 1.84. The van der Waals surface area contributed by atoms with Crippen molar-refractivity contribution in [1.29, 1.82) is 5.26 Å². The summed E-state index contributed by atoms with van der Waals surface area (Å²) in [6.07, 6.45) is 0. The van der Waals surface area contributed by atoms with Crippen molar-refractivity contribution < 1.29 is 0 Å². The first-order chi connectivity index (χ1) is 8.67. The van der Waals surface area contributed by atoms with Gasteiger partial charge in [0.1, 0.15) is 6.07 Å². The van der Waals surface area contributed by atoms with E-state index in [-0.39, 0.29) is 0 Å². The number of thioether (sulfide) groups is 1. The minimum Gasteiger partial charge on any atom is -0.347 e. The molecule has 1 aromatic heterocycles. The highest BCUT2D eigenvalue weighted by atomic mass is 32.2. The van der Waals surface area contributed by atoms with Crippen LogP contribution in [0.1, 0.15) is 18.2 Å². The van der Waals surface area contributed by atoms with Gasteiger partial charge in [-0.15, -0.1) is 11.8 Å². The Hall–Kier alpha value is -1.66. The largest absolute Gasteiger partial charge is 0.347 e. The van der Waals surface area contributed by atoms with Gasteiger partial charge in [0.25, 0.3) is 0 Å². The van der Waals surface area contributed by atoms with E-state index in [9.17, 15) is 0 Å². The SMILES string of the molecule is CCSc1ccc(-c2cc(C#N)c(C)n2C)cc1. The second-order valence-corrected chi connectivity index (χ2v) is 5.49. The molecule has 0 saturated carbocycles. The second-order valence-electron chi connectivity index (χ2n) is 4.16. The average molecular weight is 256 g/mol. The van der Waals surface area contributed by atoms with Crippen molar-refractivity contribution >= 4 is 11.8 Å². The van der Waals surface area contributed by atoms with E-state index < -0.39 is 0 Å². The molecule has 2 nitrogen and oxygen atoms in total. The van der Waals surface area contributed by atoms with Crippen LogP contribution in [-0.4, -0.2) is 10.3 Å². The van der Waals surface area contributed by atoms with Crippen LogP contribution in [0.15, 0.2) is 35.2 Å². The van der Waals surface area contributed by atoms with E-state index in [2.05, 4.69) is 41.8 Å². The van der Waals surface area contributed by atoms with Gasteiger partial charge in [-0.2, -0.15) is 5.26 Å². The third-order valence-corrected chi connectivity index (χ3v) is 4.01. The van der Waals surface area contributed by atoms with Crippen molar-refractivity contribution in [3.63, 3.8) is 0 Å². The quantitative estimate of drug-likeness (QED) is 0.777. The van der Waals surface area contributed by atoms with Gasteiger partial charge in [-0.05, 0) is 36.4 Å². The Labute approximate surface area is 112 Å². The van der Waals surface area contributed by atoms with Crippen LogP contribution in [0.25, 0.3) is 11.3 Å². The molecule has 92 valence electrons. The number of benzene rings is 1. The molecule has 0 aliphatic carbocycles. The van der Waals surface area contributed by atoms with Crippen LogP contribution in [-0.2, 0) is 7.05 Å². The number of rotatable bonds is 3. The maximum absolute atomic E-state index is 9.05. The Morgan fingerprint density at radius 3 is 2.44 bits per heavy atom. The summed E-state index contributed by atoms with van der Waals surface area (Å²) in [4.78, 5) is 1.28. The van der Waals surface area contributed by atoms with E-state index in [4.69, 9.17) is 5.26 Å². The Balaban J connectivity index is 2.40. The van der Waals surface area contributed by atoms with Gasteiger partial charge < -0.3 is 4.57 Å². The lowest BCUT2D eigenvalue weighted by molar-refractivity contribution is 0.888. The normalized spacial score (nSPS) is 10.3. The fourth-order valence-electron chi connectivity index (χ4n) is 1.98. The molecule has 18 heavy (non-hydrogen) atoms. The van der Waals surface area contributed by atoms with Gasteiger partial charge in [0.15, 0.2) is 0 Å². The molecule has 3 heteroatoms. The zero-order valence-corrected chi connectivity index (χ0v) is 11.7. The zero-order valence-electron chi connectivity index (χ0n) is 10.9. The molecule has 0 unspecified atom stereocenters. The van der Waals surface area contributed by atoms with E-state index in [0.29, 0.717) is 0 Å². The monoisotopic (exact) mass is 256 g/mol. The molecule has 0 radical (unpaired) electrons. The van der Waals surface area contributed by atoms with Crippen molar-refractivity contribution in [2.24, 2.45) is 7.05 Å². The smallest absolute Gasteiger partial charge is 0.101 e. The van der Waals surface area contributed by atoms with Gasteiger partial charge in [-0.1, -0.05) is 19.1 Å². The Morgan fingerprint density at radius 1 is 1.28 bits per heavy atom. The van der Waals surface area contributed by atoms with Gasteiger partial charge in [0.2, 0.25) is 0 Å². The van der Waals surface area contributed by atoms with Crippen LogP contribution in [0.3, 0.4) is 0 Å². The first-order valence-electron chi connectivity index (χ1n) is 5.97. The van der Waals surface area contributed by atoms with E-state index in [1.54, 1.807) is 0 Å². The van der Waals surface area contributed by atoms with E-state index in [1.165, 1.54) is 4.90 Å². The van der Waals surface area contributed by atoms with Crippen LogP contribution in [0.2, 0.25) is 0 Å². The topological polar surface area (TPSA) is 28.7 Å². The highest BCUT2D eigenvalue weighted by Gasteiger charge is 2.10. The highest BCUT2D eigenvalue weighted by Crippen LogP contribution is 2.27. The number of hydrogen-bond donors (Lipinski definition) is 0. The molecule has 2 rings (SSSR count). The summed E-state index contributed by atoms with van der Waals surface area (Å²) in [5.41, 5.74) is 4.01. The summed E-state index contributed by atoms with van der Waals surface area (Å²) in [6, 6.07) is 12.7. The standard InChI is InChI=1S/C15H16N2S/c1-4-18-14-7-5-12(6-8-14)15-9-13(10-16)11(2)17(15)3/h5-9H,4H2,1-3H3. The van der Waals surface area contributed by atoms with Crippen molar-refractivity contribution in [2.45, 2.75) is 18.7 Å². The molecule has 0 aliphatic rings. The number of aromatic nitrogens is 1. The lowest BCUT2D eigenvalue weighted by atomic mass is 10.1. The summed E-state index contributed by atoms with van der Waals surface area (Å²) < 4.78 is 2.07. The Morgan fingerprint density at radius 2 is 1.94 bits per heavy atom. The van der Waals surface area contributed by atoms with Gasteiger partial charge in [0.05, 0.1) is 5.56 Å². The highest BCUT2D eigenvalue weighted by molar-refractivity contribution is 7.99. The number of nitriles is 1. The molecule has 0 spiro atoms. The molecule has 0 bridgehead atoms. The summed E-state index contributed by atoms with van der Waals surface area (Å²) in [5.74, 6) is 1.08. The van der Waals surface area contributed by atoms with E-state index in [1.807, 2.05) is 31.8 Å². The molecule has 1 heterocycles. The third kappa shape index (κ3) is 2.30. The predicted molar refractivity (Wildman–Crippen MR) is 76.7 cm³/mol. The van der Waals surface area contributed by atoms with Gasteiger partial charge in [-0.25, -0.2) is 0 Å². The summed E-state index contributed by atoms with van der Waals surface area (Å²) in [6.45, 7) is 4.13. The van der Waals surface area contributed by atoms with Crippen molar-refractivity contribution in [1.82, 2.24) is 4.57 Å². The third-order valence-electron chi connectivity index (χ3n) is 3.12. The zero-order chi connectivity index (χ0) is 13.1. The Bertz CT molecular complexity index is 588. The van der Waals surface area contributed by atoms with E-state index >= 15 is 0 Å². The second kappa shape index (κ2) is 5.32. The minimum absolute atomic E-state index is 0.750. The fraction of sp³-hybridized carbons (Fsp3) is 0.267. The maximum Gasteiger partial charge on any atom is 0.101 e. The Kier molecular flexibility index (Phi) is 3.78. The lowest BCUT2D eigenvalue weighted by Crippen LogP contribution is -1.94. The maximum atomic E-state index is 9.05. The minimum atomic E-state index is 0.750. The predicted octanol–water partition coefficient (Wildman–Crippen LogP) is 3.98. The first-order valence-corrected chi connectivity index (χ1v) is 6.95. The molecule has 2 aromatic rings.